The van der Waals surface area contributed by atoms with E-state index in [2.05, 4.69) is 39.3 Å². The Kier molecular flexibility index (Phi) is 4.97. The van der Waals surface area contributed by atoms with E-state index in [1.54, 1.807) is 12.3 Å². The first-order chi connectivity index (χ1) is 15.8. The average Bonchev–Trinajstić information content (AvgIpc) is 3.18. The number of aromatic nitrogens is 4. The summed E-state index contributed by atoms with van der Waals surface area (Å²) in [5.74, 6) is -1.70. The molecule has 0 radical (unpaired) electrons. The van der Waals surface area contributed by atoms with Gasteiger partial charge in [0.1, 0.15) is 17.3 Å². The SMILES string of the molecule is CC1(C)[C@@H]2CCC1(c1cncc(C(=O)NCCO)n1)c1nnc(-c3c(F)cccc3F)cc12. The van der Waals surface area contributed by atoms with Crippen LogP contribution in [0.1, 0.15) is 60.0 Å². The summed E-state index contributed by atoms with van der Waals surface area (Å²) in [6.45, 7) is 4.18. The van der Waals surface area contributed by atoms with E-state index in [0.717, 1.165) is 18.4 Å². The van der Waals surface area contributed by atoms with Crippen molar-refractivity contribution in [1.82, 2.24) is 25.5 Å². The Morgan fingerprint density at radius 1 is 1.21 bits per heavy atom. The molecule has 0 aliphatic heterocycles. The summed E-state index contributed by atoms with van der Waals surface area (Å²) < 4.78 is 28.8. The largest absolute Gasteiger partial charge is 0.395 e. The number of fused-ring (bicyclic) bond motifs is 5. The fourth-order valence-electron chi connectivity index (χ4n) is 5.70. The van der Waals surface area contributed by atoms with E-state index in [1.807, 2.05) is 0 Å². The van der Waals surface area contributed by atoms with Crippen molar-refractivity contribution in [2.24, 2.45) is 5.41 Å². The molecule has 2 aliphatic rings. The lowest BCUT2D eigenvalue weighted by Gasteiger charge is -2.37. The minimum Gasteiger partial charge on any atom is -0.395 e. The van der Waals surface area contributed by atoms with Gasteiger partial charge in [-0.15, -0.1) is 5.10 Å². The van der Waals surface area contributed by atoms with Gasteiger partial charge in [0.25, 0.3) is 5.91 Å². The van der Waals surface area contributed by atoms with Gasteiger partial charge in [-0.2, -0.15) is 5.10 Å². The van der Waals surface area contributed by atoms with Crippen LogP contribution in [0.2, 0.25) is 0 Å². The smallest absolute Gasteiger partial charge is 0.271 e. The zero-order chi connectivity index (χ0) is 23.4. The van der Waals surface area contributed by atoms with Gasteiger partial charge < -0.3 is 10.4 Å². The van der Waals surface area contributed by atoms with Gasteiger partial charge in [0.2, 0.25) is 0 Å². The highest BCUT2D eigenvalue weighted by molar-refractivity contribution is 5.92. The molecule has 1 amide bonds. The molecular weight excluding hydrogens is 428 g/mol. The summed E-state index contributed by atoms with van der Waals surface area (Å²) in [4.78, 5) is 21.3. The molecule has 0 saturated heterocycles. The highest BCUT2D eigenvalue weighted by atomic mass is 19.1. The molecule has 170 valence electrons. The molecule has 9 heteroatoms. The third-order valence-electron chi connectivity index (χ3n) is 7.30. The van der Waals surface area contributed by atoms with Crippen molar-refractivity contribution >= 4 is 5.91 Å². The predicted octanol–water partition coefficient (Wildman–Crippen LogP) is 3.14. The Hall–Kier alpha value is -3.33. The number of nitrogens with one attached hydrogen (secondary N) is 1. The number of hydrogen-bond acceptors (Lipinski definition) is 6. The molecule has 2 N–H and O–H groups in total. The summed E-state index contributed by atoms with van der Waals surface area (Å²) in [5.41, 5.74) is 1.39. The summed E-state index contributed by atoms with van der Waals surface area (Å²) in [6, 6.07) is 5.46. The van der Waals surface area contributed by atoms with E-state index in [0.29, 0.717) is 11.4 Å². The van der Waals surface area contributed by atoms with Crippen molar-refractivity contribution in [1.29, 1.82) is 0 Å². The minimum absolute atomic E-state index is 0.0882. The molecular formula is C24H23F2N5O2. The van der Waals surface area contributed by atoms with Crippen molar-refractivity contribution in [3.8, 4) is 11.3 Å². The van der Waals surface area contributed by atoms with E-state index in [-0.39, 0.29) is 41.4 Å². The number of halogens is 2. The zero-order valence-electron chi connectivity index (χ0n) is 18.3. The number of rotatable bonds is 5. The first-order valence-electron chi connectivity index (χ1n) is 10.9. The molecule has 33 heavy (non-hydrogen) atoms. The van der Waals surface area contributed by atoms with E-state index in [4.69, 9.17) is 5.11 Å². The Morgan fingerprint density at radius 2 is 1.97 bits per heavy atom. The van der Waals surface area contributed by atoms with Crippen molar-refractivity contribution in [2.75, 3.05) is 13.2 Å². The maximum absolute atomic E-state index is 14.4. The molecule has 0 spiro atoms. The monoisotopic (exact) mass is 451 g/mol. The van der Waals surface area contributed by atoms with Gasteiger partial charge in [-0.25, -0.2) is 13.8 Å². The molecule has 3 aromatic rings. The topological polar surface area (TPSA) is 101 Å². The molecule has 2 aromatic heterocycles. The maximum atomic E-state index is 14.4. The lowest BCUT2D eigenvalue weighted by atomic mass is 9.66. The van der Waals surface area contributed by atoms with Crippen molar-refractivity contribution in [3.05, 3.63) is 70.9 Å². The zero-order valence-corrected chi connectivity index (χ0v) is 18.3. The van der Waals surface area contributed by atoms with Crippen LogP contribution >= 0.6 is 0 Å². The summed E-state index contributed by atoms with van der Waals surface area (Å²) in [5, 5.41) is 20.3. The molecule has 2 heterocycles. The van der Waals surface area contributed by atoms with Crippen molar-refractivity contribution in [3.63, 3.8) is 0 Å². The van der Waals surface area contributed by atoms with Crippen LogP contribution in [0, 0.1) is 17.0 Å². The quantitative estimate of drug-likeness (QED) is 0.618. The van der Waals surface area contributed by atoms with Gasteiger partial charge in [-0.1, -0.05) is 19.9 Å². The molecule has 7 nitrogen and oxygen atoms in total. The Morgan fingerprint density at radius 3 is 2.70 bits per heavy atom. The third-order valence-corrected chi connectivity index (χ3v) is 7.30. The lowest BCUT2D eigenvalue weighted by Crippen LogP contribution is -2.38. The summed E-state index contributed by atoms with van der Waals surface area (Å²) >= 11 is 0. The van der Waals surface area contributed by atoms with Crippen LogP contribution in [0.4, 0.5) is 8.78 Å². The number of aliphatic hydroxyl groups excluding tert-OH is 1. The second kappa shape index (κ2) is 7.62. The van der Waals surface area contributed by atoms with Crippen LogP contribution in [-0.4, -0.2) is 44.3 Å². The number of benzene rings is 1. The first kappa shape index (κ1) is 21.5. The average molecular weight is 451 g/mol. The van der Waals surface area contributed by atoms with Crippen LogP contribution in [0.3, 0.4) is 0 Å². The molecule has 1 saturated carbocycles. The molecule has 1 aromatic carbocycles. The van der Waals surface area contributed by atoms with Gasteiger partial charge in [-0.3, -0.25) is 9.78 Å². The van der Waals surface area contributed by atoms with Gasteiger partial charge in [0, 0.05) is 12.7 Å². The van der Waals surface area contributed by atoms with Gasteiger partial charge in [-0.05, 0) is 47.9 Å². The summed E-state index contributed by atoms with van der Waals surface area (Å²) in [6.07, 6.45) is 4.62. The fraction of sp³-hybridized carbons (Fsp3) is 0.375. The molecule has 2 bridgehead atoms. The molecule has 2 atom stereocenters. The maximum Gasteiger partial charge on any atom is 0.271 e. The van der Waals surface area contributed by atoms with Crippen molar-refractivity contribution < 1.29 is 18.7 Å². The molecule has 2 aliphatic carbocycles. The Bertz CT molecular complexity index is 1250. The highest BCUT2D eigenvalue weighted by Gasteiger charge is 2.65. The van der Waals surface area contributed by atoms with E-state index in [9.17, 15) is 13.6 Å². The third kappa shape index (κ3) is 2.98. The number of carbonyl (C=O) groups excluding carboxylic acids is 1. The highest BCUT2D eigenvalue weighted by Crippen LogP contribution is 2.69. The van der Waals surface area contributed by atoms with Crippen LogP contribution < -0.4 is 5.32 Å². The molecule has 1 fully saturated rings. The number of nitrogens with zero attached hydrogens (tertiary/aromatic N) is 4. The number of aliphatic hydroxyl groups is 1. The normalized spacial score (nSPS) is 22.3. The predicted molar refractivity (Wildman–Crippen MR) is 115 cm³/mol. The van der Waals surface area contributed by atoms with Crippen LogP contribution in [0.25, 0.3) is 11.3 Å². The first-order valence-corrected chi connectivity index (χ1v) is 10.9. The Labute approximate surface area is 189 Å². The molecule has 5 rings (SSSR count). The molecule has 1 unspecified atom stereocenters. The number of hydrogen-bond donors (Lipinski definition) is 2. The van der Waals surface area contributed by atoms with E-state index in [1.165, 1.54) is 24.4 Å². The van der Waals surface area contributed by atoms with E-state index >= 15 is 0 Å². The van der Waals surface area contributed by atoms with Crippen LogP contribution in [0.5, 0.6) is 0 Å². The minimum atomic E-state index is -0.686. The second-order valence-electron chi connectivity index (χ2n) is 9.12. The Balaban J connectivity index is 1.63. The van der Waals surface area contributed by atoms with Gasteiger partial charge >= 0.3 is 0 Å². The number of carbonyl (C=O) groups is 1. The van der Waals surface area contributed by atoms with Crippen LogP contribution in [-0.2, 0) is 5.41 Å². The van der Waals surface area contributed by atoms with Gasteiger partial charge in [0.15, 0.2) is 0 Å². The standard InChI is InChI=1S/C24H23F2N5O2/c1-23(2)14-6-7-24(23,19-12-27-11-18(29-19)22(33)28-8-9-32)21-13(14)10-17(30-31-21)20-15(25)4-3-5-16(20)26/h3-5,10-12,14,32H,6-9H2,1-2H3,(H,28,33)/t14-,24?/m1/s1. The van der Waals surface area contributed by atoms with E-state index < -0.39 is 23.0 Å². The fourth-order valence-corrected chi connectivity index (χ4v) is 5.70. The van der Waals surface area contributed by atoms with Crippen molar-refractivity contribution in [2.45, 2.75) is 38.0 Å². The van der Waals surface area contributed by atoms with Gasteiger partial charge in [0.05, 0.1) is 40.9 Å². The number of amides is 1. The lowest BCUT2D eigenvalue weighted by molar-refractivity contribution is 0.0938. The summed E-state index contributed by atoms with van der Waals surface area (Å²) in [7, 11) is 0. The second-order valence-corrected chi connectivity index (χ2v) is 9.12. The van der Waals surface area contributed by atoms with Crippen LogP contribution in [0.15, 0.2) is 36.7 Å².